The summed E-state index contributed by atoms with van der Waals surface area (Å²) in [6.45, 7) is 2.36. The van der Waals surface area contributed by atoms with Gasteiger partial charge in [-0.2, -0.15) is 0 Å². The third-order valence-electron chi connectivity index (χ3n) is 4.44. The number of esters is 1. The van der Waals surface area contributed by atoms with Gasteiger partial charge in [0.25, 0.3) is 0 Å². The molecule has 0 aliphatic heterocycles. The van der Waals surface area contributed by atoms with Crippen LogP contribution in [0.2, 0.25) is 0 Å². The molecule has 1 amide bonds. The minimum absolute atomic E-state index is 0. The van der Waals surface area contributed by atoms with Crippen molar-refractivity contribution in [1.29, 1.82) is 0 Å². The lowest BCUT2D eigenvalue weighted by atomic mass is 9.97. The van der Waals surface area contributed by atoms with E-state index in [1.54, 1.807) is 6.92 Å². The second-order valence-corrected chi connectivity index (χ2v) is 6.08. The average Bonchev–Trinajstić information content (AvgIpc) is 2.94. The summed E-state index contributed by atoms with van der Waals surface area (Å²) in [7, 11) is 0. The van der Waals surface area contributed by atoms with E-state index in [0.717, 1.165) is 24.8 Å². The van der Waals surface area contributed by atoms with E-state index in [1.807, 2.05) is 30.3 Å². The summed E-state index contributed by atoms with van der Waals surface area (Å²) in [4.78, 5) is 24.3. The van der Waals surface area contributed by atoms with Crippen molar-refractivity contribution in [3.63, 3.8) is 0 Å². The van der Waals surface area contributed by atoms with E-state index in [2.05, 4.69) is 5.32 Å². The van der Waals surface area contributed by atoms with Crippen LogP contribution in [0.5, 0.6) is 0 Å². The van der Waals surface area contributed by atoms with Crippen molar-refractivity contribution in [3.8, 4) is 0 Å². The maximum atomic E-state index is 12.2. The zero-order valence-corrected chi connectivity index (χ0v) is 14.9. The molecule has 1 aliphatic carbocycles. The predicted molar refractivity (Wildman–Crippen MR) is 96.0 cm³/mol. The van der Waals surface area contributed by atoms with Gasteiger partial charge in [-0.15, -0.1) is 12.4 Å². The number of nitrogens with one attached hydrogen (secondary N) is 1. The first-order valence-electron chi connectivity index (χ1n) is 8.35. The summed E-state index contributed by atoms with van der Waals surface area (Å²) in [6, 6.07) is 9.52. The third-order valence-corrected chi connectivity index (χ3v) is 4.44. The molecule has 1 fully saturated rings. The molecule has 3 atom stereocenters. The van der Waals surface area contributed by atoms with Crippen LogP contribution in [-0.2, 0) is 14.3 Å². The Labute approximate surface area is 149 Å². The normalized spacial score (nSPS) is 20.8. The molecule has 0 radical (unpaired) electrons. The van der Waals surface area contributed by atoms with Gasteiger partial charge in [-0.05, 0) is 31.2 Å². The van der Waals surface area contributed by atoms with Crippen molar-refractivity contribution < 1.29 is 14.3 Å². The van der Waals surface area contributed by atoms with Crippen molar-refractivity contribution in [2.75, 3.05) is 13.2 Å². The van der Waals surface area contributed by atoms with Crippen molar-refractivity contribution in [2.45, 2.75) is 44.6 Å². The van der Waals surface area contributed by atoms with Crippen LogP contribution in [0.1, 0.15) is 44.1 Å². The third kappa shape index (κ3) is 5.80. The molecule has 134 valence electrons. The van der Waals surface area contributed by atoms with Gasteiger partial charge in [0.2, 0.25) is 5.91 Å². The van der Waals surface area contributed by atoms with Crippen molar-refractivity contribution in [1.82, 2.24) is 5.32 Å². The van der Waals surface area contributed by atoms with Crippen molar-refractivity contribution >= 4 is 24.3 Å². The minimum Gasteiger partial charge on any atom is -0.465 e. The van der Waals surface area contributed by atoms with E-state index < -0.39 is 5.92 Å². The van der Waals surface area contributed by atoms with Crippen LogP contribution >= 0.6 is 12.4 Å². The van der Waals surface area contributed by atoms with Gasteiger partial charge in [0, 0.05) is 19.0 Å². The number of carbonyl (C=O) groups excluding carboxylic acids is 2. The first kappa shape index (κ1) is 20.5. The first-order chi connectivity index (χ1) is 11.1. The van der Waals surface area contributed by atoms with E-state index in [0.29, 0.717) is 13.0 Å². The highest BCUT2D eigenvalue weighted by Crippen LogP contribution is 2.26. The number of ether oxygens (including phenoxy) is 1. The molecule has 1 aromatic carbocycles. The fraction of sp³-hybridized carbons (Fsp3) is 0.556. The highest BCUT2D eigenvalue weighted by molar-refractivity contribution is 5.85. The average molecular weight is 355 g/mol. The fourth-order valence-corrected chi connectivity index (χ4v) is 3.11. The Morgan fingerprint density at radius 1 is 1.29 bits per heavy atom. The Hall–Kier alpha value is -1.59. The van der Waals surface area contributed by atoms with Crippen LogP contribution in [0.25, 0.3) is 0 Å². The zero-order chi connectivity index (χ0) is 16.7. The number of hydrogen-bond donors (Lipinski definition) is 2. The SMILES string of the molecule is CCOC(=O)C(CNC(=O)C[C@@H]1CCC[C@H]1N)c1ccccc1.Cl. The Morgan fingerprint density at radius 2 is 2.00 bits per heavy atom. The van der Waals surface area contributed by atoms with Gasteiger partial charge in [-0.25, -0.2) is 0 Å². The second-order valence-electron chi connectivity index (χ2n) is 6.08. The lowest BCUT2D eigenvalue weighted by molar-refractivity contribution is -0.144. The molecule has 1 unspecified atom stereocenters. The molecule has 24 heavy (non-hydrogen) atoms. The standard InChI is InChI=1S/C18H26N2O3.ClH/c1-2-23-18(22)15(13-7-4-3-5-8-13)12-20-17(21)11-14-9-6-10-16(14)19;/h3-5,7-8,14-16H,2,6,9-12,19H2,1H3,(H,20,21);1H/t14-,15?,16+;/m0./s1. The summed E-state index contributed by atoms with van der Waals surface area (Å²) in [5.74, 6) is -0.570. The second kappa shape index (κ2) is 10.3. The van der Waals surface area contributed by atoms with Crippen LogP contribution < -0.4 is 11.1 Å². The van der Waals surface area contributed by atoms with Gasteiger partial charge in [-0.1, -0.05) is 36.8 Å². The molecule has 2 rings (SSSR count). The van der Waals surface area contributed by atoms with Crippen molar-refractivity contribution in [2.24, 2.45) is 11.7 Å². The number of halogens is 1. The summed E-state index contributed by atoms with van der Waals surface area (Å²) in [6.07, 6.45) is 3.53. The molecule has 6 heteroatoms. The first-order valence-corrected chi connectivity index (χ1v) is 8.35. The van der Waals surface area contributed by atoms with E-state index in [9.17, 15) is 9.59 Å². The molecule has 0 saturated heterocycles. The molecular weight excluding hydrogens is 328 g/mol. The smallest absolute Gasteiger partial charge is 0.315 e. The van der Waals surface area contributed by atoms with Crippen LogP contribution in [0, 0.1) is 5.92 Å². The number of nitrogens with two attached hydrogens (primary N) is 1. The minimum atomic E-state index is -0.475. The lowest BCUT2D eigenvalue weighted by Crippen LogP contribution is -2.35. The van der Waals surface area contributed by atoms with Crippen LogP contribution in [0.4, 0.5) is 0 Å². The number of carbonyl (C=O) groups is 2. The molecule has 0 aromatic heterocycles. The molecule has 1 aromatic rings. The quantitative estimate of drug-likeness (QED) is 0.736. The highest BCUT2D eigenvalue weighted by Gasteiger charge is 2.27. The summed E-state index contributed by atoms with van der Waals surface area (Å²) in [5, 5.41) is 2.87. The molecule has 1 saturated carbocycles. The van der Waals surface area contributed by atoms with Crippen molar-refractivity contribution in [3.05, 3.63) is 35.9 Å². The van der Waals surface area contributed by atoms with E-state index in [4.69, 9.17) is 10.5 Å². The molecular formula is C18H27ClN2O3. The molecule has 3 N–H and O–H groups in total. The molecule has 0 spiro atoms. The monoisotopic (exact) mass is 354 g/mol. The van der Waals surface area contributed by atoms with Crippen LogP contribution in [0.15, 0.2) is 30.3 Å². The predicted octanol–water partition coefficient (Wildman–Crippen LogP) is 2.39. The molecule has 5 nitrogen and oxygen atoms in total. The summed E-state index contributed by atoms with van der Waals surface area (Å²) < 4.78 is 5.13. The summed E-state index contributed by atoms with van der Waals surface area (Å²) in [5.41, 5.74) is 6.86. The van der Waals surface area contributed by atoms with Gasteiger partial charge < -0.3 is 15.8 Å². The number of benzene rings is 1. The molecule has 0 heterocycles. The van der Waals surface area contributed by atoms with Gasteiger partial charge in [0.1, 0.15) is 0 Å². The topological polar surface area (TPSA) is 81.4 Å². The highest BCUT2D eigenvalue weighted by atomic mass is 35.5. The van der Waals surface area contributed by atoms with Gasteiger partial charge in [0.15, 0.2) is 0 Å². The summed E-state index contributed by atoms with van der Waals surface area (Å²) >= 11 is 0. The Morgan fingerprint density at radius 3 is 2.58 bits per heavy atom. The Bertz CT molecular complexity index is 524. The lowest BCUT2D eigenvalue weighted by Gasteiger charge is -2.18. The maximum Gasteiger partial charge on any atom is 0.315 e. The number of amides is 1. The Balaban J connectivity index is 0.00000288. The van der Waals surface area contributed by atoms with Gasteiger partial charge in [-0.3, -0.25) is 9.59 Å². The number of rotatable bonds is 7. The number of hydrogen-bond acceptors (Lipinski definition) is 4. The molecule has 0 bridgehead atoms. The van der Waals surface area contributed by atoms with E-state index >= 15 is 0 Å². The maximum absolute atomic E-state index is 12.2. The van der Waals surface area contributed by atoms with Crippen LogP contribution in [0.3, 0.4) is 0 Å². The molecule has 1 aliphatic rings. The van der Waals surface area contributed by atoms with E-state index in [-0.39, 0.29) is 42.8 Å². The largest absolute Gasteiger partial charge is 0.465 e. The zero-order valence-electron chi connectivity index (χ0n) is 14.1. The fourth-order valence-electron chi connectivity index (χ4n) is 3.11. The van der Waals surface area contributed by atoms with Crippen LogP contribution in [-0.4, -0.2) is 31.1 Å². The van der Waals surface area contributed by atoms with Gasteiger partial charge >= 0.3 is 5.97 Å². The Kier molecular flexibility index (Phi) is 8.79. The van der Waals surface area contributed by atoms with E-state index in [1.165, 1.54) is 0 Å². The van der Waals surface area contributed by atoms with Gasteiger partial charge in [0.05, 0.1) is 12.5 Å².